The smallest absolute Gasteiger partial charge is 0.259 e. The van der Waals surface area contributed by atoms with E-state index in [1.807, 2.05) is 41.5 Å². The van der Waals surface area contributed by atoms with Crippen LogP contribution >= 0.6 is 0 Å². The van der Waals surface area contributed by atoms with Gasteiger partial charge in [0.2, 0.25) is 5.82 Å². The van der Waals surface area contributed by atoms with Crippen molar-refractivity contribution in [3.63, 3.8) is 0 Å². The first-order chi connectivity index (χ1) is 12.4. The van der Waals surface area contributed by atoms with Crippen LogP contribution in [-0.4, -0.2) is 8.32 Å². The summed E-state index contributed by atoms with van der Waals surface area (Å²) in [6.45, 7) is 11.0. The van der Waals surface area contributed by atoms with Crippen LogP contribution in [0, 0.1) is 41.0 Å². The van der Waals surface area contributed by atoms with Crippen LogP contribution in [0.4, 0.5) is 26.3 Å². The van der Waals surface area contributed by atoms with Crippen molar-refractivity contribution in [1.29, 1.82) is 0 Å². The summed E-state index contributed by atoms with van der Waals surface area (Å²) in [4.78, 5) is 0. The van der Waals surface area contributed by atoms with Crippen molar-refractivity contribution >= 4 is 19.1 Å². The molecule has 27 heavy (non-hydrogen) atoms. The molecule has 0 unspecified atom stereocenters. The van der Waals surface area contributed by atoms with Crippen LogP contribution < -0.4 is 4.43 Å². The van der Waals surface area contributed by atoms with Crippen LogP contribution in [0.15, 0.2) is 0 Å². The molecule has 0 heterocycles. The lowest BCUT2D eigenvalue weighted by Crippen LogP contribution is -2.51. The summed E-state index contributed by atoms with van der Waals surface area (Å²) in [6.07, 6.45) is 0. The Morgan fingerprint density at radius 3 is 1.59 bits per heavy atom. The fourth-order valence-corrected chi connectivity index (χ4v) is 9.19. The maximum absolute atomic E-state index is 14.9. The second kappa shape index (κ2) is 7.37. The summed E-state index contributed by atoms with van der Waals surface area (Å²) >= 11 is 0. The predicted molar refractivity (Wildman–Crippen MR) is 94.2 cm³/mol. The van der Waals surface area contributed by atoms with E-state index in [1.54, 1.807) is 0 Å². The molecule has 2 rings (SSSR count). The van der Waals surface area contributed by atoms with Gasteiger partial charge < -0.3 is 4.43 Å². The van der Waals surface area contributed by atoms with E-state index in [1.165, 1.54) is 6.07 Å². The standard InChI is InChI=1S/C19H21F6OSi/c1-8(2)27(9(3)4,10(5)6)26-19-17(24)13-11(14(21)18(19)25)7-12(20)15(22)16(13)23/h8-10H,1-6H3. The van der Waals surface area contributed by atoms with Crippen molar-refractivity contribution in [2.75, 3.05) is 0 Å². The summed E-state index contributed by atoms with van der Waals surface area (Å²) in [5, 5.41) is -2.36. The van der Waals surface area contributed by atoms with Crippen LogP contribution in [0.25, 0.3) is 10.8 Å². The third kappa shape index (κ3) is 3.21. The van der Waals surface area contributed by atoms with Crippen molar-refractivity contribution in [2.45, 2.75) is 58.2 Å². The number of hydrogen-bond donors (Lipinski definition) is 0. The Balaban J connectivity index is 2.87. The Morgan fingerprint density at radius 1 is 0.667 bits per heavy atom. The van der Waals surface area contributed by atoms with Gasteiger partial charge in [-0.15, -0.1) is 0 Å². The molecule has 0 atom stereocenters. The summed E-state index contributed by atoms with van der Waals surface area (Å²) in [5.41, 5.74) is -0.343. The molecule has 1 nitrogen and oxygen atoms in total. The van der Waals surface area contributed by atoms with Gasteiger partial charge in [-0.2, -0.15) is 4.39 Å². The SMILES string of the molecule is CC(C)[Si](Oc1c(F)c(F)c2[c]c(F)c(F)c(F)c2c1F)(C(C)C)C(C)C. The molecule has 0 fully saturated rings. The molecule has 0 aliphatic rings. The highest BCUT2D eigenvalue weighted by Gasteiger charge is 2.48. The van der Waals surface area contributed by atoms with Gasteiger partial charge in [-0.1, -0.05) is 41.5 Å². The average Bonchev–Trinajstić information content (AvgIpc) is 2.56. The van der Waals surface area contributed by atoms with E-state index in [9.17, 15) is 26.3 Å². The molecule has 0 amide bonds. The highest BCUT2D eigenvalue weighted by molar-refractivity contribution is 6.78. The Labute approximate surface area is 155 Å². The van der Waals surface area contributed by atoms with E-state index in [-0.39, 0.29) is 16.6 Å². The van der Waals surface area contributed by atoms with Crippen molar-refractivity contribution in [2.24, 2.45) is 0 Å². The zero-order chi connectivity index (χ0) is 20.8. The fourth-order valence-electron chi connectivity index (χ4n) is 3.95. The highest BCUT2D eigenvalue weighted by atomic mass is 28.4. The minimum Gasteiger partial charge on any atom is -0.539 e. The molecule has 0 aromatic heterocycles. The first-order valence-electron chi connectivity index (χ1n) is 8.62. The zero-order valence-electron chi connectivity index (χ0n) is 15.9. The van der Waals surface area contributed by atoms with E-state index in [0.717, 1.165) is 0 Å². The van der Waals surface area contributed by atoms with Gasteiger partial charge in [-0.3, -0.25) is 0 Å². The minimum atomic E-state index is -2.93. The van der Waals surface area contributed by atoms with Gasteiger partial charge in [-0.05, 0) is 16.6 Å². The lowest BCUT2D eigenvalue weighted by atomic mass is 10.1. The quantitative estimate of drug-likeness (QED) is 0.224. The van der Waals surface area contributed by atoms with Gasteiger partial charge >= 0.3 is 0 Å². The van der Waals surface area contributed by atoms with Crippen LogP contribution in [0.5, 0.6) is 5.75 Å². The monoisotopic (exact) mass is 407 g/mol. The minimum absolute atomic E-state index is 0.114. The molecule has 8 heteroatoms. The molecular formula is C19H21F6OSi. The molecule has 0 spiro atoms. The summed E-state index contributed by atoms with van der Waals surface area (Å²) in [6, 6.07) is 1.53. The highest BCUT2D eigenvalue weighted by Crippen LogP contribution is 2.45. The summed E-state index contributed by atoms with van der Waals surface area (Å²) in [7, 11) is -2.93. The second-order valence-corrected chi connectivity index (χ2v) is 12.9. The van der Waals surface area contributed by atoms with Gasteiger partial charge in [0.25, 0.3) is 8.32 Å². The van der Waals surface area contributed by atoms with E-state index in [2.05, 4.69) is 0 Å². The number of rotatable bonds is 5. The third-order valence-electron chi connectivity index (χ3n) is 5.11. The third-order valence-corrected chi connectivity index (χ3v) is 11.1. The van der Waals surface area contributed by atoms with Gasteiger partial charge in [0.05, 0.1) is 5.39 Å². The Bertz CT molecular complexity index is 857. The fraction of sp³-hybridized carbons (Fsp3) is 0.474. The molecule has 0 N–H and O–H groups in total. The molecule has 1 radical (unpaired) electrons. The molecule has 0 saturated carbocycles. The first-order valence-corrected chi connectivity index (χ1v) is 10.8. The molecule has 2 aromatic rings. The topological polar surface area (TPSA) is 9.23 Å². The van der Waals surface area contributed by atoms with Crippen LogP contribution in [0.3, 0.4) is 0 Å². The van der Waals surface area contributed by atoms with Gasteiger partial charge in [0, 0.05) is 11.5 Å². The molecular weight excluding hydrogens is 386 g/mol. The van der Waals surface area contributed by atoms with Gasteiger partial charge in [0.15, 0.2) is 34.8 Å². The lowest BCUT2D eigenvalue weighted by Gasteiger charge is -2.42. The van der Waals surface area contributed by atoms with Gasteiger partial charge in [0.1, 0.15) is 0 Å². The Hall–Kier alpha value is -1.70. The molecule has 0 aliphatic carbocycles. The van der Waals surface area contributed by atoms with Crippen LogP contribution in [-0.2, 0) is 0 Å². The van der Waals surface area contributed by atoms with Crippen molar-refractivity contribution in [1.82, 2.24) is 0 Å². The van der Waals surface area contributed by atoms with E-state index < -0.39 is 59.7 Å². The van der Waals surface area contributed by atoms with E-state index in [4.69, 9.17) is 4.43 Å². The number of fused-ring (bicyclic) bond motifs is 1. The van der Waals surface area contributed by atoms with Crippen molar-refractivity contribution < 1.29 is 30.8 Å². The number of hydrogen-bond acceptors (Lipinski definition) is 1. The number of halogens is 6. The van der Waals surface area contributed by atoms with Crippen molar-refractivity contribution in [3.8, 4) is 5.75 Å². The zero-order valence-corrected chi connectivity index (χ0v) is 16.9. The lowest BCUT2D eigenvalue weighted by molar-refractivity contribution is 0.396. The predicted octanol–water partition coefficient (Wildman–Crippen LogP) is 7.03. The maximum Gasteiger partial charge on any atom is 0.259 e. The normalized spacial score (nSPS) is 12.7. The molecule has 0 saturated heterocycles. The summed E-state index contributed by atoms with van der Waals surface area (Å²) < 4.78 is 90.8. The molecule has 149 valence electrons. The first kappa shape index (κ1) is 21.6. The van der Waals surface area contributed by atoms with Crippen LogP contribution in [0.2, 0.25) is 16.6 Å². The van der Waals surface area contributed by atoms with E-state index in [0.29, 0.717) is 0 Å². The second-order valence-electron chi connectivity index (χ2n) is 7.51. The molecule has 0 bridgehead atoms. The van der Waals surface area contributed by atoms with Crippen molar-refractivity contribution in [3.05, 3.63) is 41.0 Å². The Kier molecular flexibility index (Phi) is 5.90. The van der Waals surface area contributed by atoms with Gasteiger partial charge in [-0.25, -0.2) is 22.0 Å². The van der Waals surface area contributed by atoms with E-state index >= 15 is 0 Å². The largest absolute Gasteiger partial charge is 0.539 e. The molecule has 0 aliphatic heterocycles. The average molecular weight is 407 g/mol. The maximum atomic E-state index is 14.9. The molecule has 2 aromatic carbocycles. The Morgan fingerprint density at radius 2 is 1.15 bits per heavy atom. The number of benzene rings is 2. The summed E-state index contributed by atoms with van der Waals surface area (Å²) in [5.74, 6) is -12.0. The van der Waals surface area contributed by atoms with Crippen LogP contribution in [0.1, 0.15) is 41.5 Å².